The number of ether oxygens (including phenoxy) is 1. The minimum absolute atomic E-state index is 0.112. The molecule has 2 heterocycles. The van der Waals surface area contributed by atoms with Crippen LogP contribution in [0.25, 0.3) is 0 Å². The van der Waals surface area contributed by atoms with Gasteiger partial charge in [0.15, 0.2) is 0 Å². The Balaban J connectivity index is 1.52. The molecule has 0 atom stereocenters. The van der Waals surface area contributed by atoms with Crippen molar-refractivity contribution < 1.29 is 9.66 Å². The van der Waals surface area contributed by atoms with Gasteiger partial charge in [-0.2, -0.15) is 0 Å². The lowest BCUT2D eigenvalue weighted by atomic mass is 10.2. The average Bonchev–Trinajstić information content (AvgIpc) is 2.80. The highest BCUT2D eigenvalue weighted by atomic mass is 127. The number of hydrogen-bond acceptors (Lipinski definition) is 8. The maximum Gasteiger partial charge on any atom is 0.353 e. The van der Waals surface area contributed by atoms with Crippen LogP contribution >= 0.6 is 22.6 Å². The van der Waals surface area contributed by atoms with Crippen molar-refractivity contribution in [2.75, 3.05) is 48.4 Å². The smallest absolute Gasteiger partial charge is 0.353 e. The summed E-state index contributed by atoms with van der Waals surface area (Å²) < 4.78 is 6.29. The number of hydrogen-bond donors (Lipinski definition) is 1. The molecule has 1 fully saturated rings. The van der Waals surface area contributed by atoms with E-state index in [0.29, 0.717) is 18.9 Å². The van der Waals surface area contributed by atoms with Gasteiger partial charge >= 0.3 is 5.69 Å². The lowest BCUT2D eigenvalue weighted by molar-refractivity contribution is -0.383. The van der Waals surface area contributed by atoms with Crippen molar-refractivity contribution in [3.8, 4) is 5.75 Å². The Hall–Kier alpha value is -3.15. The van der Waals surface area contributed by atoms with E-state index in [2.05, 4.69) is 42.8 Å². The van der Waals surface area contributed by atoms with E-state index in [1.807, 2.05) is 53.4 Å². The van der Waals surface area contributed by atoms with Gasteiger partial charge in [-0.3, -0.25) is 10.1 Å². The summed E-state index contributed by atoms with van der Waals surface area (Å²) in [6.45, 7) is 2.69. The molecule has 1 aromatic heterocycles. The number of nitrogens with one attached hydrogen (secondary N) is 1. The van der Waals surface area contributed by atoms with E-state index >= 15 is 0 Å². The van der Waals surface area contributed by atoms with Gasteiger partial charge in [0.1, 0.15) is 12.1 Å². The summed E-state index contributed by atoms with van der Waals surface area (Å²) in [5, 5.41) is 15.0. The van der Waals surface area contributed by atoms with Crippen molar-refractivity contribution in [2.45, 2.75) is 0 Å². The molecule has 0 radical (unpaired) electrons. The highest BCUT2D eigenvalue weighted by Gasteiger charge is 2.29. The molecule has 0 bridgehead atoms. The first-order valence-electron chi connectivity index (χ1n) is 9.71. The summed E-state index contributed by atoms with van der Waals surface area (Å²) in [6.07, 6.45) is 1.37. The fourth-order valence-corrected chi connectivity index (χ4v) is 3.86. The molecular formula is C21H21IN6O3. The molecule has 0 saturated carbocycles. The zero-order valence-electron chi connectivity index (χ0n) is 16.9. The Labute approximate surface area is 193 Å². The van der Waals surface area contributed by atoms with Gasteiger partial charge < -0.3 is 19.9 Å². The van der Waals surface area contributed by atoms with E-state index in [1.54, 1.807) is 7.11 Å². The zero-order chi connectivity index (χ0) is 21.8. The van der Waals surface area contributed by atoms with Crippen LogP contribution in [0.3, 0.4) is 0 Å². The van der Waals surface area contributed by atoms with Crippen molar-refractivity contribution in [1.29, 1.82) is 0 Å². The van der Waals surface area contributed by atoms with Crippen molar-refractivity contribution in [3.05, 3.63) is 68.5 Å². The Kier molecular flexibility index (Phi) is 6.35. The van der Waals surface area contributed by atoms with E-state index in [1.165, 1.54) is 6.33 Å². The summed E-state index contributed by atoms with van der Waals surface area (Å²) in [5.74, 6) is 1.34. The maximum absolute atomic E-state index is 11.9. The van der Waals surface area contributed by atoms with E-state index in [-0.39, 0.29) is 11.5 Å². The van der Waals surface area contributed by atoms with Crippen LogP contribution in [-0.2, 0) is 0 Å². The average molecular weight is 532 g/mol. The molecule has 1 N–H and O–H groups in total. The molecule has 1 saturated heterocycles. The van der Waals surface area contributed by atoms with Crippen LogP contribution in [0.2, 0.25) is 0 Å². The molecule has 1 aliphatic rings. The first-order chi connectivity index (χ1) is 15.0. The fraction of sp³-hybridized carbons (Fsp3) is 0.238. The van der Waals surface area contributed by atoms with Gasteiger partial charge in [-0.1, -0.05) is 0 Å². The standard InChI is InChI=1S/C21H21IN6O3/c1-31-18-8-6-17(7-9-18)26-10-12-27(13-11-26)21-19(28(29)30)20(23-14-24-21)25-16-4-2-15(22)3-5-16/h2-9,14H,10-13H2,1H3,(H,23,24,25). The fourth-order valence-electron chi connectivity index (χ4n) is 3.50. The lowest BCUT2D eigenvalue weighted by Gasteiger charge is -2.36. The molecule has 31 heavy (non-hydrogen) atoms. The molecule has 3 aromatic rings. The minimum atomic E-state index is -0.416. The number of halogens is 1. The number of benzene rings is 2. The Morgan fingerprint density at radius 2 is 1.65 bits per heavy atom. The molecular weight excluding hydrogens is 511 g/mol. The number of piperazine rings is 1. The Bertz CT molecular complexity index is 1050. The predicted octanol–water partition coefficient (Wildman–Crippen LogP) is 4.07. The lowest BCUT2D eigenvalue weighted by Crippen LogP contribution is -2.47. The zero-order valence-corrected chi connectivity index (χ0v) is 19.0. The summed E-state index contributed by atoms with van der Waals surface area (Å²) in [4.78, 5) is 24.1. The molecule has 0 amide bonds. The van der Waals surface area contributed by atoms with Gasteiger partial charge in [-0.05, 0) is 71.1 Å². The van der Waals surface area contributed by atoms with E-state index in [4.69, 9.17) is 4.74 Å². The van der Waals surface area contributed by atoms with Crippen LogP contribution in [0.5, 0.6) is 5.75 Å². The number of nitro groups is 1. The minimum Gasteiger partial charge on any atom is -0.497 e. The van der Waals surface area contributed by atoms with Crippen LogP contribution in [0.1, 0.15) is 0 Å². The molecule has 0 spiro atoms. The van der Waals surface area contributed by atoms with Crippen LogP contribution in [0.15, 0.2) is 54.9 Å². The van der Waals surface area contributed by atoms with Gasteiger partial charge in [-0.15, -0.1) is 0 Å². The quantitative estimate of drug-likeness (QED) is 0.289. The van der Waals surface area contributed by atoms with Crippen molar-refractivity contribution in [1.82, 2.24) is 9.97 Å². The van der Waals surface area contributed by atoms with Crippen LogP contribution in [0, 0.1) is 13.7 Å². The topological polar surface area (TPSA) is 96.7 Å². The normalized spacial score (nSPS) is 13.7. The second-order valence-electron chi connectivity index (χ2n) is 6.96. The summed E-state index contributed by atoms with van der Waals surface area (Å²) in [6, 6.07) is 15.5. The molecule has 9 nitrogen and oxygen atoms in total. The number of nitrogens with zero attached hydrogens (tertiary/aromatic N) is 5. The molecule has 160 valence electrons. The number of rotatable bonds is 6. The van der Waals surface area contributed by atoms with Crippen molar-refractivity contribution in [2.24, 2.45) is 0 Å². The van der Waals surface area contributed by atoms with E-state index < -0.39 is 4.92 Å². The van der Waals surface area contributed by atoms with E-state index in [9.17, 15) is 10.1 Å². The summed E-state index contributed by atoms with van der Waals surface area (Å²) in [5.41, 5.74) is 1.72. The highest BCUT2D eigenvalue weighted by Crippen LogP contribution is 2.34. The third-order valence-electron chi connectivity index (χ3n) is 5.11. The summed E-state index contributed by atoms with van der Waals surface area (Å²) in [7, 11) is 1.64. The molecule has 1 aliphatic heterocycles. The van der Waals surface area contributed by atoms with Crippen LogP contribution < -0.4 is 19.9 Å². The SMILES string of the molecule is COc1ccc(N2CCN(c3ncnc(Nc4ccc(I)cc4)c3[N+](=O)[O-])CC2)cc1. The Morgan fingerprint density at radius 1 is 1.00 bits per heavy atom. The van der Waals surface area contributed by atoms with Crippen LogP contribution in [-0.4, -0.2) is 48.2 Å². The van der Waals surface area contributed by atoms with Gasteiger partial charge in [-0.25, -0.2) is 9.97 Å². The van der Waals surface area contributed by atoms with Gasteiger partial charge in [0.25, 0.3) is 0 Å². The molecule has 0 unspecified atom stereocenters. The molecule has 0 aliphatic carbocycles. The second kappa shape index (κ2) is 9.33. The molecule has 2 aromatic carbocycles. The monoisotopic (exact) mass is 532 g/mol. The largest absolute Gasteiger partial charge is 0.497 e. The second-order valence-corrected chi connectivity index (χ2v) is 8.20. The first kappa shape index (κ1) is 21.1. The number of anilines is 4. The third kappa shape index (κ3) is 4.79. The first-order valence-corrected chi connectivity index (χ1v) is 10.8. The number of aromatic nitrogens is 2. The van der Waals surface area contributed by atoms with Gasteiger partial charge in [0.2, 0.25) is 11.6 Å². The molecule has 4 rings (SSSR count). The third-order valence-corrected chi connectivity index (χ3v) is 5.83. The summed E-state index contributed by atoms with van der Waals surface area (Å²) >= 11 is 2.21. The Morgan fingerprint density at radius 3 is 2.26 bits per heavy atom. The predicted molar refractivity (Wildman–Crippen MR) is 129 cm³/mol. The van der Waals surface area contributed by atoms with Crippen molar-refractivity contribution in [3.63, 3.8) is 0 Å². The van der Waals surface area contributed by atoms with E-state index in [0.717, 1.165) is 33.8 Å². The van der Waals surface area contributed by atoms with Crippen LogP contribution in [0.4, 0.5) is 28.7 Å². The van der Waals surface area contributed by atoms with Gasteiger partial charge in [0.05, 0.1) is 12.0 Å². The number of methoxy groups -OCH3 is 1. The van der Waals surface area contributed by atoms with Crippen molar-refractivity contribution >= 4 is 51.3 Å². The van der Waals surface area contributed by atoms with Gasteiger partial charge in [0, 0.05) is 41.1 Å². The molecule has 10 heteroatoms. The highest BCUT2D eigenvalue weighted by molar-refractivity contribution is 14.1. The maximum atomic E-state index is 11.9.